The largest absolute Gasteiger partial charge is 0.465 e. The number of nitrogens with one attached hydrogen (secondary N) is 1. The third-order valence-corrected chi connectivity index (χ3v) is 4.07. The molecule has 0 aliphatic heterocycles. The van der Waals surface area contributed by atoms with Crippen LogP contribution >= 0.6 is 0 Å². The Morgan fingerprint density at radius 2 is 2.10 bits per heavy atom. The number of nitrogens with zero attached hydrogens (tertiary/aromatic N) is 1. The molecule has 0 bridgehead atoms. The summed E-state index contributed by atoms with van der Waals surface area (Å²) in [6.45, 7) is 2.16. The lowest BCUT2D eigenvalue weighted by Gasteiger charge is -2.30. The number of anilines is 1. The number of carbonyl (C=O) groups excluding carboxylic acids is 1. The van der Waals surface area contributed by atoms with Crippen LogP contribution < -0.4 is 5.32 Å². The summed E-state index contributed by atoms with van der Waals surface area (Å²) in [6, 6.07) is 4.64. The Morgan fingerprint density at radius 3 is 2.71 bits per heavy atom. The van der Waals surface area contributed by atoms with Crippen molar-refractivity contribution in [2.75, 3.05) is 12.4 Å². The van der Waals surface area contributed by atoms with Crippen LogP contribution in [0.5, 0.6) is 0 Å². The number of nitro groups is 1. The second-order valence-corrected chi connectivity index (χ2v) is 5.49. The summed E-state index contributed by atoms with van der Waals surface area (Å²) in [5.74, 6) is -0.0886. The number of benzene rings is 1. The van der Waals surface area contributed by atoms with Gasteiger partial charge in [0.05, 0.1) is 17.6 Å². The summed E-state index contributed by atoms with van der Waals surface area (Å²) in [5, 5.41) is 14.5. The van der Waals surface area contributed by atoms with Crippen LogP contribution in [0.2, 0.25) is 0 Å². The van der Waals surface area contributed by atoms with Gasteiger partial charge >= 0.3 is 5.97 Å². The molecule has 2 unspecified atom stereocenters. The van der Waals surface area contributed by atoms with Crippen molar-refractivity contribution in [3.8, 4) is 0 Å². The normalized spacial score (nSPS) is 21.6. The lowest BCUT2D eigenvalue weighted by atomic mass is 9.86. The van der Waals surface area contributed by atoms with Crippen molar-refractivity contribution in [2.45, 2.75) is 38.6 Å². The summed E-state index contributed by atoms with van der Waals surface area (Å²) >= 11 is 0. The van der Waals surface area contributed by atoms with E-state index in [1.165, 1.54) is 19.6 Å². The number of hydrogen-bond donors (Lipinski definition) is 1. The van der Waals surface area contributed by atoms with Crippen LogP contribution in [0.15, 0.2) is 18.2 Å². The highest BCUT2D eigenvalue weighted by Crippen LogP contribution is 2.31. The van der Waals surface area contributed by atoms with Gasteiger partial charge in [0, 0.05) is 12.1 Å². The lowest BCUT2D eigenvalue weighted by Crippen LogP contribution is -2.30. The molecule has 2 rings (SSSR count). The monoisotopic (exact) mass is 292 g/mol. The van der Waals surface area contributed by atoms with E-state index in [0.29, 0.717) is 11.6 Å². The first-order chi connectivity index (χ1) is 10.0. The van der Waals surface area contributed by atoms with E-state index < -0.39 is 10.9 Å². The SMILES string of the molecule is COC(=O)c1ccc(NC2CCCCC2C)c([N+](=O)[O-])c1. The quantitative estimate of drug-likeness (QED) is 0.522. The molecule has 1 aromatic rings. The Kier molecular flexibility index (Phi) is 4.77. The molecule has 0 amide bonds. The molecule has 1 aromatic carbocycles. The predicted molar refractivity (Wildman–Crippen MR) is 79.5 cm³/mol. The van der Waals surface area contributed by atoms with E-state index >= 15 is 0 Å². The summed E-state index contributed by atoms with van der Waals surface area (Å²) in [6.07, 6.45) is 4.49. The van der Waals surface area contributed by atoms with Gasteiger partial charge in [-0.1, -0.05) is 19.8 Å². The Hall–Kier alpha value is -2.11. The van der Waals surface area contributed by atoms with E-state index in [4.69, 9.17) is 0 Å². The molecule has 0 heterocycles. The Labute approximate surface area is 123 Å². The molecule has 1 fully saturated rings. The predicted octanol–water partition coefficient (Wildman–Crippen LogP) is 3.37. The number of hydrogen-bond acceptors (Lipinski definition) is 5. The van der Waals surface area contributed by atoms with Crippen LogP contribution in [-0.4, -0.2) is 24.0 Å². The first-order valence-electron chi connectivity index (χ1n) is 7.16. The maximum atomic E-state index is 11.5. The fourth-order valence-electron chi connectivity index (χ4n) is 2.78. The maximum Gasteiger partial charge on any atom is 0.338 e. The van der Waals surface area contributed by atoms with E-state index in [1.54, 1.807) is 12.1 Å². The Morgan fingerprint density at radius 1 is 1.38 bits per heavy atom. The third-order valence-electron chi connectivity index (χ3n) is 4.07. The van der Waals surface area contributed by atoms with Crippen LogP contribution in [-0.2, 0) is 4.74 Å². The second-order valence-electron chi connectivity index (χ2n) is 5.49. The average Bonchev–Trinajstić information content (AvgIpc) is 2.49. The Bertz CT molecular complexity index is 544. The number of esters is 1. The molecular weight excluding hydrogens is 272 g/mol. The zero-order chi connectivity index (χ0) is 15.4. The molecule has 1 saturated carbocycles. The molecule has 0 spiro atoms. The number of methoxy groups -OCH3 is 1. The number of ether oxygens (including phenoxy) is 1. The van der Waals surface area contributed by atoms with Gasteiger partial charge in [-0.15, -0.1) is 0 Å². The van der Waals surface area contributed by atoms with E-state index in [1.807, 2.05) is 0 Å². The molecule has 21 heavy (non-hydrogen) atoms. The zero-order valence-corrected chi connectivity index (χ0v) is 12.3. The smallest absolute Gasteiger partial charge is 0.338 e. The fourth-order valence-corrected chi connectivity index (χ4v) is 2.78. The maximum absolute atomic E-state index is 11.5. The highest BCUT2D eigenvalue weighted by molar-refractivity contribution is 5.91. The molecule has 6 nitrogen and oxygen atoms in total. The molecule has 6 heteroatoms. The van der Waals surface area contributed by atoms with Crippen molar-refractivity contribution in [2.24, 2.45) is 5.92 Å². The van der Waals surface area contributed by atoms with Crippen molar-refractivity contribution in [1.29, 1.82) is 0 Å². The van der Waals surface area contributed by atoms with Gasteiger partial charge in [-0.05, 0) is 30.9 Å². The third kappa shape index (κ3) is 3.51. The van der Waals surface area contributed by atoms with Crippen LogP contribution in [0, 0.1) is 16.0 Å². The van der Waals surface area contributed by atoms with Gasteiger partial charge in [-0.2, -0.15) is 0 Å². The minimum absolute atomic E-state index is 0.0873. The van der Waals surface area contributed by atoms with Crippen molar-refractivity contribution in [3.05, 3.63) is 33.9 Å². The van der Waals surface area contributed by atoms with E-state index in [2.05, 4.69) is 17.0 Å². The van der Waals surface area contributed by atoms with Gasteiger partial charge in [-0.3, -0.25) is 10.1 Å². The molecule has 1 aliphatic rings. The molecule has 0 saturated heterocycles. The molecular formula is C15H20N2O4. The standard InChI is InChI=1S/C15H20N2O4/c1-10-5-3-4-6-12(10)16-13-8-7-11(15(18)21-2)9-14(13)17(19)20/h7-10,12,16H,3-6H2,1-2H3. The zero-order valence-electron chi connectivity index (χ0n) is 12.3. The van der Waals surface area contributed by atoms with Gasteiger partial charge in [0.1, 0.15) is 5.69 Å². The highest BCUT2D eigenvalue weighted by atomic mass is 16.6. The number of nitro benzene ring substituents is 1. The molecule has 1 N–H and O–H groups in total. The topological polar surface area (TPSA) is 81.5 Å². The summed E-state index contributed by atoms with van der Waals surface area (Å²) in [7, 11) is 1.25. The summed E-state index contributed by atoms with van der Waals surface area (Å²) in [5.41, 5.74) is 0.563. The van der Waals surface area contributed by atoms with Gasteiger partial charge in [-0.25, -0.2) is 4.79 Å². The second kappa shape index (κ2) is 6.56. The minimum atomic E-state index is -0.573. The average molecular weight is 292 g/mol. The number of carbonyl (C=O) groups is 1. The van der Waals surface area contributed by atoms with Gasteiger partial charge in [0.15, 0.2) is 0 Å². The van der Waals surface area contributed by atoms with Crippen molar-refractivity contribution in [1.82, 2.24) is 0 Å². The van der Waals surface area contributed by atoms with Gasteiger partial charge in [0.2, 0.25) is 0 Å². The van der Waals surface area contributed by atoms with Gasteiger partial charge in [0.25, 0.3) is 5.69 Å². The van der Waals surface area contributed by atoms with Crippen LogP contribution in [0.25, 0.3) is 0 Å². The lowest BCUT2D eigenvalue weighted by molar-refractivity contribution is -0.384. The highest BCUT2D eigenvalue weighted by Gasteiger charge is 2.25. The molecule has 114 valence electrons. The van der Waals surface area contributed by atoms with E-state index in [9.17, 15) is 14.9 Å². The number of rotatable bonds is 4. The van der Waals surface area contributed by atoms with Crippen LogP contribution in [0.3, 0.4) is 0 Å². The summed E-state index contributed by atoms with van der Waals surface area (Å²) in [4.78, 5) is 22.2. The van der Waals surface area contributed by atoms with Crippen LogP contribution in [0.4, 0.5) is 11.4 Å². The molecule has 2 atom stereocenters. The van der Waals surface area contributed by atoms with Crippen molar-refractivity contribution >= 4 is 17.3 Å². The Balaban J connectivity index is 2.26. The van der Waals surface area contributed by atoms with Crippen molar-refractivity contribution < 1.29 is 14.5 Å². The van der Waals surface area contributed by atoms with Gasteiger partial charge < -0.3 is 10.1 Å². The first-order valence-corrected chi connectivity index (χ1v) is 7.16. The molecule has 1 aliphatic carbocycles. The minimum Gasteiger partial charge on any atom is -0.465 e. The van der Waals surface area contributed by atoms with Crippen molar-refractivity contribution in [3.63, 3.8) is 0 Å². The summed E-state index contributed by atoms with van der Waals surface area (Å²) < 4.78 is 4.60. The van der Waals surface area contributed by atoms with E-state index in [0.717, 1.165) is 19.3 Å². The first kappa shape index (κ1) is 15.3. The fraction of sp³-hybridized carbons (Fsp3) is 0.533. The van der Waals surface area contributed by atoms with E-state index in [-0.39, 0.29) is 17.3 Å². The van der Waals surface area contributed by atoms with Crippen LogP contribution in [0.1, 0.15) is 43.0 Å². The molecule has 0 radical (unpaired) electrons. The molecule has 0 aromatic heterocycles.